The Balaban J connectivity index is 1.72. The molecule has 0 aliphatic carbocycles. The molecule has 14 N–H and O–H groups in total. The number of rotatable bonds is 32. The number of hydrogen-bond acceptors (Lipinski definition) is 13. The van der Waals surface area contributed by atoms with E-state index in [0.717, 1.165) is 16.5 Å². The number of benzene rings is 2. The standard InChI is InChI=1S/C53H80N10O12S/c1-10-31(8)45(62-43(66)26-56-47(68)38(19-20-76-9)57-51(72)42(27-64)61-46(67)36(54)24-33-25-55-37-14-12-11-13-35(33)37)52(73)60-40(22-29(4)5)49(70)58-39(21-28(2)3)48(69)59-41(23-32-15-17-34(65)18-16-32)50(71)63-44(30(6)7)53(74)75/h11-18,25,28-31,36,38-42,44-45,55,64-65H,10,19-24,26-27,54H2,1-9H3,(H,56,68)(H,57,72)(H,58,70)(H,59,69)(H,60,73)(H,61,67)(H,62,66)(H,63,71)(H,74,75)/t31-,36-,38-,39-,40-,41-,42-,44-,45-/m0/s1. The van der Waals surface area contributed by atoms with Crippen molar-refractivity contribution in [3.05, 3.63) is 65.9 Å². The van der Waals surface area contributed by atoms with Crippen molar-refractivity contribution < 1.29 is 58.5 Å². The summed E-state index contributed by atoms with van der Waals surface area (Å²) in [6, 6.07) is 3.46. The molecule has 0 aliphatic rings. The van der Waals surface area contributed by atoms with Crippen LogP contribution in [0.5, 0.6) is 5.75 Å². The number of aliphatic hydroxyl groups excluding tert-OH is 1. The van der Waals surface area contributed by atoms with E-state index in [1.54, 1.807) is 52.3 Å². The molecule has 0 spiro atoms. The highest BCUT2D eigenvalue weighted by molar-refractivity contribution is 7.98. The molecular weight excluding hydrogens is 1000 g/mol. The SMILES string of the molecule is CC[C@H](C)[C@H](NC(=O)CNC(=O)[C@H](CCSC)NC(=O)[C@H](CO)NC(=O)[C@@H](N)Cc1c[nH]c2ccccc12)C(=O)N[C@@H](CC(C)C)C(=O)N[C@@H](CC(C)C)C(=O)N[C@@H](Cc1ccc(O)cc1)C(=O)N[C@H](C(=O)O)C(C)C. The maximum Gasteiger partial charge on any atom is 0.326 e. The highest BCUT2D eigenvalue weighted by atomic mass is 32.2. The van der Waals surface area contributed by atoms with E-state index in [4.69, 9.17) is 5.73 Å². The molecule has 76 heavy (non-hydrogen) atoms. The van der Waals surface area contributed by atoms with E-state index in [1.165, 1.54) is 23.9 Å². The largest absolute Gasteiger partial charge is 0.508 e. The van der Waals surface area contributed by atoms with Crippen LogP contribution in [0.15, 0.2) is 54.7 Å². The first-order valence-electron chi connectivity index (χ1n) is 25.7. The quantitative estimate of drug-likeness (QED) is 0.0417. The number of para-hydroxylation sites is 1. The summed E-state index contributed by atoms with van der Waals surface area (Å²) in [4.78, 5) is 125. The van der Waals surface area contributed by atoms with E-state index in [0.29, 0.717) is 17.7 Å². The van der Waals surface area contributed by atoms with Crippen molar-refractivity contribution in [1.29, 1.82) is 0 Å². The number of fused-ring (bicyclic) bond motifs is 1. The van der Waals surface area contributed by atoms with Crippen molar-refractivity contribution in [3.63, 3.8) is 0 Å². The average molecular weight is 1080 g/mol. The molecule has 0 saturated heterocycles. The predicted molar refractivity (Wildman–Crippen MR) is 289 cm³/mol. The Hall–Kier alpha value is -6.72. The summed E-state index contributed by atoms with van der Waals surface area (Å²) < 4.78 is 0. The number of H-pyrrole nitrogens is 1. The van der Waals surface area contributed by atoms with Gasteiger partial charge in [-0.3, -0.25) is 38.4 Å². The van der Waals surface area contributed by atoms with E-state index < -0.39 is 127 Å². The van der Waals surface area contributed by atoms with E-state index >= 15 is 0 Å². The highest BCUT2D eigenvalue weighted by Crippen LogP contribution is 2.20. The number of hydrogen-bond donors (Lipinski definition) is 13. The maximum absolute atomic E-state index is 14.2. The molecule has 1 heterocycles. The molecule has 420 valence electrons. The van der Waals surface area contributed by atoms with Crippen molar-refractivity contribution in [1.82, 2.24) is 47.5 Å². The first kappa shape index (κ1) is 63.6. The summed E-state index contributed by atoms with van der Waals surface area (Å²) >= 11 is 1.39. The Morgan fingerprint density at radius 1 is 0.632 bits per heavy atom. The maximum atomic E-state index is 14.2. The average Bonchev–Trinajstić information content (AvgIpc) is 3.77. The van der Waals surface area contributed by atoms with E-state index in [1.807, 2.05) is 52.0 Å². The summed E-state index contributed by atoms with van der Waals surface area (Å²) in [5, 5.41) is 51.5. The Bertz CT molecular complexity index is 2430. The molecule has 0 unspecified atom stereocenters. The number of nitrogens with two attached hydrogens (primary N) is 1. The van der Waals surface area contributed by atoms with Gasteiger partial charge < -0.3 is 68.6 Å². The number of aromatic hydroxyl groups is 1. The third-order valence-electron chi connectivity index (χ3n) is 12.7. The molecule has 0 saturated carbocycles. The molecule has 3 aromatic rings. The molecule has 0 radical (unpaired) electrons. The van der Waals surface area contributed by atoms with Gasteiger partial charge >= 0.3 is 5.97 Å². The number of thioether (sulfide) groups is 1. The molecule has 1 aromatic heterocycles. The molecule has 3 rings (SSSR count). The smallest absolute Gasteiger partial charge is 0.326 e. The van der Waals surface area contributed by atoms with Crippen LogP contribution < -0.4 is 48.3 Å². The summed E-state index contributed by atoms with van der Waals surface area (Å²) in [6.07, 6.45) is 4.33. The number of aromatic amines is 1. The normalized spacial score (nSPS) is 15.0. The number of carbonyl (C=O) groups is 9. The van der Waals surface area contributed by atoms with Gasteiger partial charge in [0.1, 0.15) is 48.0 Å². The van der Waals surface area contributed by atoms with Crippen molar-refractivity contribution in [2.75, 3.05) is 25.2 Å². The van der Waals surface area contributed by atoms with Gasteiger partial charge in [-0.2, -0.15) is 11.8 Å². The van der Waals surface area contributed by atoms with Gasteiger partial charge in [-0.05, 0) is 90.7 Å². The number of aliphatic carboxylic acids is 1. The molecule has 0 fully saturated rings. The van der Waals surface area contributed by atoms with Crippen molar-refractivity contribution >= 4 is 75.9 Å². The van der Waals surface area contributed by atoms with Gasteiger partial charge in [0.15, 0.2) is 0 Å². The zero-order valence-corrected chi connectivity index (χ0v) is 45.8. The topological polar surface area (TPSA) is 352 Å². The van der Waals surface area contributed by atoms with Crippen LogP contribution in [0.3, 0.4) is 0 Å². The molecule has 9 atom stereocenters. The number of carbonyl (C=O) groups excluding carboxylic acids is 8. The van der Waals surface area contributed by atoms with Crippen molar-refractivity contribution in [2.24, 2.45) is 29.4 Å². The first-order chi connectivity index (χ1) is 35.9. The molecule has 0 bridgehead atoms. The van der Waals surface area contributed by atoms with Crippen LogP contribution in [0.2, 0.25) is 0 Å². The second kappa shape index (κ2) is 31.4. The van der Waals surface area contributed by atoms with Crippen LogP contribution in [0.1, 0.15) is 92.2 Å². The molecular formula is C53H80N10O12S. The fourth-order valence-electron chi connectivity index (χ4n) is 8.15. The number of carboxylic acid groups (broad SMARTS) is 1. The minimum Gasteiger partial charge on any atom is -0.508 e. The highest BCUT2D eigenvalue weighted by Gasteiger charge is 2.35. The van der Waals surface area contributed by atoms with Crippen molar-refractivity contribution in [3.8, 4) is 5.75 Å². The Labute approximate surface area is 448 Å². The van der Waals surface area contributed by atoms with Crippen LogP contribution in [0.4, 0.5) is 0 Å². The number of aromatic nitrogens is 1. The molecule has 23 heteroatoms. The minimum absolute atomic E-state index is 0.0286. The number of phenolic OH excluding ortho intramolecular Hbond substituents is 1. The second-order valence-corrected chi connectivity index (χ2v) is 21.3. The van der Waals surface area contributed by atoms with Crippen LogP contribution in [-0.2, 0) is 56.0 Å². The predicted octanol–water partition coefficient (Wildman–Crippen LogP) is 1.12. The fourth-order valence-corrected chi connectivity index (χ4v) is 8.62. The number of carboxylic acids is 1. The first-order valence-corrected chi connectivity index (χ1v) is 27.1. The molecule has 8 amide bonds. The molecule has 0 aliphatic heterocycles. The third-order valence-corrected chi connectivity index (χ3v) is 13.3. The Morgan fingerprint density at radius 2 is 1.17 bits per heavy atom. The lowest BCUT2D eigenvalue weighted by atomic mass is 9.96. The van der Waals surface area contributed by atoms with Crippen LogP contribution in [0.25, 0.3) is 10.9 Å². The Morgan fingerprint density at radius 3 is 1.72 bits per heavy atom. The van der Waals surface area contributed by atoms with Gasteiger partial charge in [-0.25, -0.2) is 4.79 Å². The van der Waals surface area contributed by atoms with Gasteiger partial charge in [0.25, 0.3) is 0 Å². The number of phenols is 1. The zero-order valence-electron chi connectivity index (χ0n) is 45.0. The number of nitrogens with one attached hydrogen (secondary N) is 9. The summed E-state index contributed by atoms with van der Waals surface area (Å²) in [7, 11) is 0. The lowest BCUT2D eigenvalue weighted by Gasteiger charge is -2.29. The van der Waals surface area contributed by atoms with Crippen LogP contribution in [0, 0.1) is 23.7 Å². The fraction of sp³-hybridized carbons (Fsp3) is 0.566. The van der Waals surface area contributed by atoms with Crippen LogP contribution in [-0.4, -0.2) is 147 Å². The number of amides is 8. The van der Waals surface area contributed by atoms with E-state index in [9.17, 15) is 58.5 Å². The van der Waals surface area contributed by atoms with Gasteiger partial charge in [-0.1, -0.05) is 92.1 Å². The summed E-state index contributed by atoms with van der Waals surface area (Å²) in [5.74, 6) is -8.21. The van der Waals surface area contributed by atoms with Crippen LogP contribution >= 0.6 is 11.8 Å². The number of aliphatic hydroxyl groups is 1. The van der Waals surface area contributed by atoms with Gasteiger partial charge in [0, 0.05) is 23.5 Å². The Kier molecular flexibility index (Phi) is 26.2. The van der Waals surface area contributed by atoms with E-state index in [-0.39, 0.29) is 49.7 Å². The lowest BCUT2D eigenvalue weighted by molar-refractivity contribution is -0.143. The molecule has 22 nitrogen and oxygen atoms in total. The third kappa shape index (κ3) is 20.4. The van der Waals surface area contributed by atoms with Crippen molar-refractivity contribution in [2.45, 2.75) is 142 Å². The monoisotopic (exact) mass is 1080 g/mol. The van der Waals surface area contributed by atoms with E-state index in [2.05, 4.69) is 47.5 Å². The summed E-state index contributed by atoms with van der Waals surface area (Å²) in [6.45, 7) is 12.6. The van der Waals surface area contributed by atoms with Gasteiger partial charge in [-0.15, -0.1) is 0 Å². The molecule has 2 aromatic carbocycles. The zero-order chi connectivity index (χ0) is 56.8. The lowest BCUT2D eigenvalue weighted by Crippen LogP contribution is -2.60. The van der Waals surface area contributed by atoms with Gasteiger partial charge in [0.2, 0.25) is 47.3 Å². The minimum atomic E-state index is -1.46. The summed E-state index contributed by atoms with van der Waals surface area (Å²) in [5.41, 5.74) is 8.39. The second-order valence-electron chi connectivity index (χ2n) is 20.3. The van der Waals surface area contributed by atoms with Gasteiger partial charge in [0.05, 0.1) is 19.2 Å².